The topological polar surface area (TPSA) is 57.2 Å². The molecular formula is C21H32O5. The van der Waals surface area contributed by atoms with Gasteiger partial charge in [-0.05, 0) is 44.4 Å². The summed E-state index contributed by atoms with van der Waals surface area (Å²) < 4.78 is 22.5. The van der Waals surface area contributed by atoms with Gasteiger partial charge in [-0.3, -0.25) is 0 Å². The first-order valence-electron chi connectivity index (χ1n) is 9.36. The van der Waals surface area contributed by atoms with E-state index in [2.05, 4.69) is 6.92 Å². The van der Waals surface area contributed by atoms with Crippen molar-refractivity contribution < 1.29 is 24.1 Å². The van der Waals surface area contributed by atoms with Crippen molar-refractivity contribution in [2.45, 2.75) is 70.7 Å². The molecule has 0 bridgehead atoms. The predicted octanol–water partition coefficient (Wildman–Crippen LogP) is 3.84. The molecule has 26 heavy (non-hydrogen) atoms. The molecular weight excluding hydrogens is 332 g/mol. The maximum absolute atomic E-state index is 10.4. The third-order valence-electron chi connectivity index (χ3n) is 4.32. The molecule has 0 aliphatic carbocycles. The predicted molar refractivity (Wildman–Crippen MR) is 101 cm³/mol. The highest BCUT2D eigenvalue weighted by molar-refractivity contribution is 5.26. The van der Waals surface area contributed by atoms with Crippen molar-refractivity contribution in [1.29, 1.82) is 0 Å². The van der Waals surface area contributed by atoms with E-state index in [0.29, 0.717) is 13.2 Å². The number of hydrogen-bond acceptors (Lipinski definition) is 5. The lowest BCUT2D eigenvalue weighted by molar-refractivity contribution is -0.152. The van der Waals surface area contributed by atoms with Crippen molar-refractivity contribution in [3.63, 3.8) is 0 Å². The fourth-order valence-corrected chi connectivity index (χ4v) is 3.07. The van der Waals surface area contributed by atoms with Crippen molar-refractivity contribution in [3.05, 3.63) is 42.0 Å². The second-order valence-electron chi connectivity index (χ2n) is 7.04. The van der Waals surface area contributed by atoms with Gasteiger partial charge in [-0.1, -0.05) is 37.6 Å². The molecule has 1 aliphatic heterocycles. The van der Waals surface area contributed by atoms with E-state index in [1.807, 2.05) is 44.2 Å². The van der Waals surface area contributed by atoms with Crippen molar-refractivity contribution >= 4 is 0 Å². The Morgan fingerprint density at radius 3 is 2.62 bits per heavy atom. The molecule has 0 aromatic heterocycles. The smallest absolute Gasteiger partial charge is 0.163 e. The van der Waals surface area contributed by atoms with Crippen LogP contribution >= 0.6 is 0 Å². The number of ether oxygens (including phenoxy) is 4. The van der Waals surface area contributed by atoms with E-state index in [1.165, 1.54) is 0 Å². The molecule has 3 atom stereocenters. The van der Waals surface area contributed by atoms with Gasteiger partial charge in [0.25, 0.3) is 0 Å². The molecule has 2 unspecified atom stereocenters. The second kappa shape index (κ2) is 10.1. The Kier molecular flexibility index (Phi) is 8.10. The van der Waals surface area contributed by atoms with Crippen molar-refractivity contribution in [1.82, 2.24) is 0 Å². The molecule has 5 nitrogen and oxygen atoms in total. The van der Waals surface area contributed by atoms with E-state index in [0.717, 1.165) is 30.6 Å². The Morgan fingerprint density at radius 1 is 1.23 bits per heavy atom. The maximum Gasteiger partial charge on any atom is 0.163 e. The third-order valence-corrected chi connectivity index (χ3v) is 4.32. The molecule has 1 aliphatic rings. The summed E-state index contributed by atoms with van der Waals surface area (Å²) in [7, 11) is 1.65. The highest BCUT2D eigenvalue weighted by atomic mass is 16.8. The van der Waals surface area contributed by atoms with Crippen molar-refractivity contribution in [2.75, 3.05) is 13.7 Å². The maximum atomic E-state index is 10.4. The Bertz CT molecular complexity index is 552. The number of hydrogen-bond donors (Lipinski definition) is 1. The molecule has 1 N–H and O–H groups in total. The number of rotatable bonds is 10. The average molecular weight is 364 g/mol. The molecule has 1 aromatic carbocycles. The fourth-order valence-electron chi connectivity index (χ4n) is 3.07. The van der Waals surface area contributed by atoms with Gasteiger partial charge in [0.2, 0.25) is 0 Å². The van der Waals surface area contributed by atoms with E-state index in [4.69, 9.17) is 18.9 Å². The zero-order chi connectivity index (χ0) is 19.0. The first-order chi connectivity index (χ1) is 12.4. The molecule has 0 spiro atoms. The normalized spacial score (nSPS) is 23.4. The zero-order valence-corrected chi connectivity index (χ0v) is 16.3. The van der Waals surface area contributed by atoms with Crippen LogP contribution in [-0.2, 0) is 20.8 Å². The van der Waals surface area contributed by atoms with Gasteiger partial charge < -0.3 is 24.1 Å². The molecule has 0 saturated carbocycles. The van der Waals surface area contributed by atoms with E-state index >= 15 is 0 Å². The van der Waals surface area contributed by atoms with E-state index in [9.17, 15) is 5.11 Å². The van der Waals surface area contributed by atoms with Gasteiger partial charge in [0.1, 0.15) is 18.0 Å². The molecule has 2 rings (SSSR count). The van der Waals surface area contributed by atoms with Crippen LogP contribution in [0.3, 0.4) is 0 Å². The number of methoxy groups -OCH3 is 1. The number of aliphatic hydroxyl groups excluding tert-OH is 1. The minimum absolute atomic E-state index is 0.0685. The summed E-state index contributed by atoms with van der Waals surface area (Å²) in [6, 6.07) is 7.83. The van der Waals surface area contributed by atoms with Crippen LogP contribution in [0.2, 0.25) is 0 Å². The number of aliphatic hydroxyl groups is 1. The summed E-state index contributed by atoms with van der Waals surface area (Å²) >= 11 is 0. The van der Waals surface area contributed by atoms with Crippen molar-refractivity contribution in [2.24, 2.45) is 0 Å². The lowest BCUT2D eigenvalue weighted by Gasteiger charge is -2.19. The zero-order valence-electron chi connectivity index (χ0n) is 16.3. The third kappa shape index (κ3) is 6.40. The monoisotopic (exact) mass is 364 g/mol. The van der Waals surface area contributed by atoms with Crippen LogP contribution in [-0.4, -0.2) is 42.9 Å². The quantitative estimate of drug-likeness (QED) is 0.505. The first-order valence-corrected chi connectivity index (χ1v) is 9.36. The lowest BCUT2D eigenvalue weighted by atomic mass is 10.0. The van der Waals surface area contributed by atoms with Crippen LogP contribution in [0.15, 0.2) is 36.4 Å². The van der Waals surface area contributed by atoms with Gasteiger partial charge in [0, 0.05) is 0 Å². The van der Waals surface area contributed by atoms with E-state index in [1.54, 1.807) is 13.2 Å². The number of benzene rings is 1. The largest absolute Gasteiger partial charge is 0.497 e. The van der Waals surface area contributed by atoms with Gasteiger partial charge in [0.05, 0.1) is 26.4 Å². The molecule has 1 aromatic rings. The Balaban J connectivity index is 1.70. The molecule has 1 heterocycles. The first kappa shape index (κ1) is 20.9. The average Bonchev–Trinajstić information content (AvgIpc) is 2.93. The van der Waals surface area contributed by atoms with Gasteiger partial charge in [-0.2, -0.15) is 0 Å². The van der Waals surface area contributed by atoms with Crippen LogP contribution < -0.4 is 4.74 Å². The van der Waals surface area contributed by atoms with Gasteiger partial charge in [-0.25, -0.2) is 0 Å². The minimum Gasteiger partial charge on any atom is -0.497 e. The molecule has 1 fully saturated rings. The highest BCUT2D eigenvalue weighted by Gasteiger charge is 2.43. The molecule has 1 saturated heterocycles. The Morgan fingerprint density at radius 2 is 1.96 bits per heavy atom. The fraction of sp³-hybridized carbons (Fsp3) is 0.619. The van der Waals surface area contributed by atoms with Gasteiger partial charge in [0.15, 0.2) is 5.79 Å². The van der Waals surface area contributed by atoms with Gasteiger partial charge >= 0.3 is 0 Å². The van der Waals surface area contributed by atoms with Crippen LogP contribution in [0.25, 0.3) is 0 Å². The summed E-state index contributed by atoms with van der Waals surface area (Å²) in [6.45, 7) is 7.04. The Labute approximate surface area is 156 Å². The Hall–Kier alpha value is -1.40. The van der Waals surface area contributed by atoms with Crippen LogP contribution in [0.4, 0.5) is 0 Å². The summed E-state index contributed by atoms with van der Waals surface area (Å²) in [6.07, 6.45) is 5.28. The SMILES string of the molecule is CCC[C@@H]1OC(C)(C)OC1C(O)/C=C\CCOCc1ccc(OC)cc1. The van der Waals surface area contributed by atoms with E-state index in [-0.39, 0.29) is 12.2 Å². The molecule has 0 radical (unpaired) electrons. The second-order valence-corrected chi connectivity index (χ2v) is 7.04. The van der Waals surface area contributed by atoms with E-state index < -0.39 is 11.9 Å². The summed E-state index contributed by atoms with van der Waals surface area (Å²) in [5.74, 6) is 0.203. The molecule has 146 valence electrons. The van der Waals surface area contributed by atoms with Crippen LogP contribution in [0, 0.1) is 0 Å². The van der Waals surface area contributed by atoms with Crippen LogP contribution in [0.5, 0.6) is 5.75 Å². The summed E-state index contributed by atoms with van der Waals surface area (Å²) in [5, 5.41) is 10.4. The minimum atomic E-state index is -0.671. The van der Waals surface area contributed by atoms with Crippen molar-refractivity contribution in [3.8, 4) is 5.75 Å². The summed E-state index contributed by atoms with van der Waals surface area (Å²) in [5.41, 5.74) is 1.11. The highest BCUT2D eigenvalue weighted by Crippen LogP contribution is 2.32. The summed E-state index contributed by atoms with van der Waals surface area (Å²) in [4.78, 5) is 0. The lowest BCUT2D eigenvalue weighted by Crippen LogP contribution is -2.34. The van der Waals surface area contributed by atoms with Gasteiger partial charge in [-0.15, -0.1) is 0 Å². The molecule has 5 heteroatoms. The van der Waals surface area contributed by atoms with Crippen LogP contribution in [0.1, 0.15) is 45.6 Å². The molecule has 0 amide bonds. The standard InChI is InChI=1S/C21H32O5/c1-5-8-19-20(26-21(2,3)25-19)18(22)9-6-7-14-24-15-16-10-12-17(23-4)13-11-16/h6,9-13,18-20,22H,5,7-8,14-15H2,1-4H3/b9-6-/t18?,19-,20?/m0/s1.